The Kier molecular flexibility index (Phi) is 3.09. The van der Waals surface area contributed by atoms with E-state index in [2.05, 4.69) is 10.4 Å². The number of carbonyl (C=O) groups excluding carboxylic acids is 1. The molecule has 0 radical (unpaired) electrons. The fourth-order valence-corrected chi connectivity index (χ4v) is 1.99. The van der Waals surface area contributed by atoms with Crippen LogP contribution in [-0.4, -0.2) is 15.5 Å². The van der Waals surface area contributed by atoms with E-state index < -0.39 is 11.7 Å². The number of anilines is 1. The summed E-state index contributed by atoms with van der Waals surface area (Å²) in [4.78, 5) is 12.2. The van der Waals surface area contributed by atoms with Crippen LogP contribution in [0.5, 0.6) is 0 Å². The first-order valence-corrected chi connectivity index (χ1v) is 6.12. The normalized spacial score (nSPS) is 10.3. The number of rotatable bonds is 2. The van der Waals surface area contributed by atoms with E-state index in [9.17, 15) is 9.18 Å². The molecule has 3 aromatic rings. The van der Waals surface area contributed by atoms with Gasteiger partial charge in [-0.3, -0.25) is 4.79 Å². The topological polar surface area (TPSA) is 70.2 Å². The van der Waals surface area contributed by atoms with Crippen LogP contribution in [0.3, 0.4) is 0 Å². The second-order valence-electron chi connectivity index (χ2n) is 4.35. The Bertz CT molecular complexity index is 879. The molecule has 1 N–H and O–H groups in total. The van der Waals surface area contributed by atoms with Gasteiger partial charge in [-0.05, 0) is 30.3 Å². The molecular formula is C15H9FN4O. The summed E-state index contributed by atoms with van der Waals surface area (Å²) in [5.41, 5.74) is 1.19. The fourth-order valence-electron chi connectivity index (χ4n) is 1.99. The van der Waals surface area contributed by atoms with Gasteiger partial charge in [0.25, 0.3) is 5.91 Å². The number of halogens is 1. The summed E-state index contributed by atoms with van der Waals surface area (Å²) in [6.07, 6.45) is 3.14. The van der Waals surface area contributed by atoms with Crippen molar-refractivity contribution in [3.8, 4) is 6.07 Å². The van der Waals surface area contributed by atoms with Gasteiger partial charge in [0, 0.05) is 6.20 Å². The third-order valence-electron chi connectivity index (χ3n) is 3.02. The van der Waals surface area contributed by atoms with E-state index in [0.29, 0.717) is 11.1 Å². The molecule has 0 atom stereocenters. The first kappa shape index (κ1) is 12.8. The van der Waals surface area contributed by atoms with Crippen molar-refractivity contribution in [2.45, 2.75) is 0 Å². The Hall–Kier alpha value is -3.20. The largest absolute Gasteiger partial charge is 0.319 e. The predicted molar refractivity (Wildman–Crippen MR) is 74.3 cm³/mol. The van der Waals surface area contributed by atoms with Gasteiger partial charge < -0.3 is 5.32 Å². The van der Waals surface area contributed by atoms with Crippen LogP contribution in [0.15, 0.2) is 48.8 Å². The van der Waals surface area contributed by atoms with Gasteiger partial charge >= 0.3 is 0 Å². The summed E-state index contributed by atoms with van der Waals surface area (Å²) in [7, 11) is 0. The average Bonchev–Trinajstić information content (AvgIpc) is 2.93. The monoisotopic (exact) mass is 280 g/mol. The maximum Gasteiger partial charge on any atom is 0.259 e. The lowest BCUT2D eigenvalue weighted by Gasteiger charge is -2.05. The molecule has 21 heavy (non-hydrogen) atoms. The van der Waals surface area contributed by atoms with Crippen LogP contribution < -0.4 is 5.32 Å². The Morgan fingerprint density at radius 3 is 2.95 bits per heavy atom. The molecule has 0 bridgehead atoms. The van der Waals surface area contributed by atoms with E-state index in [4.69, 9.17) is 5.26 Å². The summed E-state index contributed by atoms with van der Waals surface area (Å²) in [6.45, 7) is 0. The molecular weight excluding hydrogens is 271 g/mol. The third kappa shape index (κ3) is 2.32. The lowest BCUT2D eigenvalue weighted by Crippen LogP contribution is -2.12. The number of hydrogen-bond donors (Lipinski definition) is 1. The number of nitrogens with one attached hydrogen (secondary N) is 1. The number of hydrogen-bond acceptors (Lipinski definition) is 3. The summed E-state index contributed by atoms with van der Waals surface area (Å²) in [6, 6.07) is 11.0. The van der Waals surface area contributed by atoms with Crippen LogP contribution in [-0.2, 0) is 0 Å². The Morgan fingerprint density at radius 1 is 1.33 bits per heavy atom. The van der Waals surface area contributed by atoms with Crippen LogP contribution in [0.1, 0.15) is 15.9 Å². The van der Waals surface area contributed by atoms with Crippen molar-refractivity contribution in [2.75, 3.05) is 5.32 Å². The molecule has 0 aliphatic carbocycles. The van der Waals surface area contributed by atoms with Crippen molar-refractivity contribution in [1.29, 1.82) is 5.26 Å². The van der Waals surface area contributed by atoms with Crippen molar-refractivity contribution in [3.05, 3.63) is 65.7 Å². The highest BCUT2D eigenvalue weighted by Gasteiger charge is 2.14. The van der Waals surface area contributed by atoms with Gasteiger partial charge in [0.05, 0.1) is 34.6 Å². The molecule has 0 saturated heterocycles. The molecule has 6 heteroatoms. The SMILES string of the molecule is N#Cc1ccc(NC(=O)c2cnn3ccccc23)c(F)c1. The van der Waals surface area contributed by atoms with Gasteiger partial charge in [0.2, 0.25) is 0 Å². The predicted octanol–water partition coefficient (Wildman–Crippen LogP) is 2.60. The number of nitrogens with zero attached hydrogens (tertiary/aromatic N) is 3. The van der Waals surface area contributed by atoms with Crippen LogP contribution >= 0.6 is 0 Å². The van der Waals surface area contributed by atoms with E-state index in [1.165, 1.54) is 18.3 Å². The van der Waals surface area contributed by atoms with E-state index in [1.807, 2.05) is 6.07 Å². The maximum absolute atomic E-state index is 13.8. The first-order valence-electron chi connectivity index (χ1n) is 6.12. The van der Waals surface area contributed by atoms with Gasteiger partial charge in [-0.1, -0.05) is 6.07 Å². The summed E-state index contributed by atoms with van der Waals surface area (Å²) >= 11 is 0. The molecule has 1 amide bonds. The van der Waals surface area contributed by atoms with Crippen molar-refractivity contribution < 1.29 is 9.18 Å². The highest BCUT2D eigenvalue weighted by atomic mass is 19.1. The van der Waals surface area contributed by atoms with Crippen LogP contribution in [0.4, 0.5) is 10.1 Å². The summed E-state index contributed by atoms with van der Waals surface area (Å²) < 4.78 is 15.3. The highest BCUT2D eigenvalue weighted by molar-refractivity contribution is 6.08. The van der Waals surface area contributed by atoms with Gasteiger partial charge in [-0.2, -0.15) is 10.4 Å². The quantitative estimate of drug-likeness (QED) is 0.784. The Morgan fingerprint density at radius 2 is 2.19 bits per heavy atom. The van der Waals surface area contributed by atoms with Crippen molar-refractivity contribution in [3.63, 3.8) is 0 Å². The highest BCUT2D eigenvalue weighted by Crippen LogP contribution is 2.18. The summed E-state index contributed by atoms with van der Waals surface area (Å²) in [5, 5.41) is 15.2. The average molecular weight is 280 g/mol. The molecule has 0 aliphatic heterocycles. The van der Waals surface area contributed by atoms with Crippen molar-refractivity contribution >= 4 is 17.1 Å². The minimum Gasteiger partial charge on any atom is -0.319 e. The van der Waals surface area contributed by atoms with Crippen LogP contribution in [0, 0.1) is 17.1 Å². The zero-order chi connectivity index (χ0) is 14.8. The lowest BCUT2D eigenvalue weighted by molar-refractivity contribution is 0.102. The molecule has 0 fully saturated rings. The van der Waals surface area contributed by atoms with Crippen molar-refractivity contribution in [1.82, 2.24) is 9.61 Å². The standard InChI is InChI=1S/C15H9FN4O/c16-12-7-10(8-17)4-5-13(12)19-15(21)11-9-18-20-6-2-1-3-14(11)20/h1-7,9H,(H,19,21). The number of aromatic nitrogens is 2. The molecule has 0 unspecified atom stereocenters. The Labute approximate surface area is 119 Å². The number of pyridine rings is 1. The number of amides is 1. The van der Waals surface area contributed by atoms with E-state index in [1.54, 1.807) is 28.9 Å². The minimum absolute atomic E-state index is 0.0225. The molecule has 2 aromatic heterocycles. The van der Waals surface area contributed by atoms with Gasteiger partial charge in [0.15, 0.2) is 0 Å². The van der Waals surface area contributed by atoms with Gasteiger partial charge in [-0.25, -0.2) is 8.91 Å². The number of nitriles is 1. The lowest BCUT2D eigenvalue weighted by atomic mass is 10.2. The number of benzene rings is 1. The number of carbonyl (C=O) groups is 1. The Balaban J connectivity index is 1.92. The van der Waals surface area contributed by atoms with Crippen LogP contribution in [0.25, 0.3) is 5.52 Å². The molecule has 3 rings (SSSR count). The zero-order valence-corrected chi connectivity index (χ0v) is 10.7. The minimum atomic E-state index is -0.654. The van der Waals surface area contributed by atoms with E-state index in [-0.39, 0.29) is 11.3 Å². The molecule has 0 aliphatic rings. The van der Waals surface area contributed by atoms with E-state index in [0.717, 1.165) is 6.07 Å². The molecule has 102 valence electrons. The van der Waals surface area contributed by atoms with E-state index >= 15 is 0 Å². The summed E-state index contributed by atoms with van der Waals surface area (Å²) in [5.74, 6) is -1.11. The second kappa shape index (κ2) is 5.06. The molecule has 1 aromatic carbocycles. The maximum atomic E-state index is 13.8. The van der Waals surface area contributed by atoms with Gasteiger partial charge in [-0.15, -0.1) is 0 Å². The molecule has 0 saturated carbocycles. The molecule has 0 spiro atoms. The van der Waals surface area contributed by atoms with Crippen molar-refractivity contribution in [2.24, 2.45) is 0 Å². The van der Waals surface area contributed by atoms with Crippen LogP contribution in [0.2, 0.25) is 0 Å². The van der Waals surface area contributed by atoms with Gasteiger partial charge in [0.1, 0.15) is 5.82 Å². The number of fused-ring (bicyclic) bond motifs is 1. The smallest absolute Gasteiger partial charge is 0.259 e. The second-order valence-corrected chi connectivity index (χ2v) is 4.35. The molecule has 2 heterocycles. The third-order valence-corrected chi connectivity index (χ3v) is 3.02. The fraction of sp³-hybridized carbons (Fsp3) is 0. The zero-order valence-electron chi connectivity index (χ0n) is 10.7. The molecule has 5 nitrogen and oxygen atoms in total. The first-order chi connectivity index (χ1) is 10.2.